The summed E-state index contributed by atoms with van der Waals surface area (Å²) in [4.78, 5) is 0. The third-order valence-electron chi connectivity index (χ3n) is 7.88. The molecule has 1 nitrogen and oxygen atoms in total. The molecular formula is C22H34O. The van der Waals surface area contributed by atoms with Crippen LogP contribution in [0.25, 0.3) is 0 Å². The molecule has 0 aromatic heterocycles. The number of hydrogen-bond acceptors (Lipinski definition) is 1. The van der Waals surface area contributed by atoms with Gasteiger partial charge in [-0.3, -0.25) is 0 Å². The number of rotatable bonds is 3. The van der Waals surface area contributed by atoms with Crippen LogP contribution in [-0.2, 0) is 4.74 Å². The lowest BCUT2D eigenvalue weighted by molar-refractivity contribution is 0.0422. The van der Waals surface area contributed by atoms with Crippen LogP contribution in [0.3, 0.4) is 0 Å². The normalized spacial score (nSPS) is 42.7. The monoisotopic (exact) mass is 314 g/mol. The average Bonchev–Trinajstić information content (AvgIpc) is 2.90. The Morgan fingerprint density at radius 1 is 1.30 bits per heavy atom. The molecule has 0 saturated heterocycles. The number of fused-ring (bicyclic) bond motifs is 4. The predicted molar refractivity (Wildman–Crippen MR) is 96.0 cm³/mol. The van der Waals surface area contributed by atoms with Crippen molar-refractivity contribution in [1.29, 1.82) is 0 Å². The fourth-order valence-corrected chi connectivity index (χ4v) is 6.88. The van der Waals surface area contributed by atoms with Crippen molar-refractivity contribution in [2.75, 3.05) is 7.11 Å². The lowest BCUT2D eigenvalue weighted by Crippen LogP contribution is -2.41. The second-order valence-corrected chi connectivity index (χ2v) is 9.09. The molecule has 0 spiro atoms. The van der Waals surface area contributed by atoms with Crippen LogP contribution in [0.15, 0.2) is 23.0 Å². The summed E-state index contributed by atoms with van der Waals surface area (Å²) in [5.74, 6) is 5.15. The van der Waals surface area contributed by atoms with Crippen LogP contribution in [0.2, 0.25) is 0 Å². The van der Waals surface area contributed by atoms with E-state index in [1.807, 2.05) is 12.7 Å². The lowest BCUT2D eigenvalue weighted by atomic mass is 9.55. The van der Waals surface area contributed by atoms with Crippen molar-refractivity contribution in [3.63, 3.8) is 0 Å². The van der Waals surface area contributed by atoms with Crippen LogP contribution in [0.4, 0.5) is 0 Å². The Labute approximate surface area is 142 Å². The maximum atomic E-state index is 5.53. The van der Waals surface area contributed by atoms with Gasteiger partial charge in [0.1, 0.15) is 0 Å². The molecule has 0 N–H and O–H groups in total. The second kappa shape index (κ2) is 5.97. The van der Waals surface area contributed by atoms with E-state index >= 15 is 0 Å². The Kier molecular flexibility index (Phi) is 4.10. The highest BCUT2D eigenvalue weighted by atomic mass is 16.5. The zero-order chi connectivity index (χ0) is 16.0. The second-order valence-electron chi connectivity index (χ2n) is 9.09. The summed E-state index contributed by atoms with van der Waals surface area (Å²) in [6.45, 7) is 5.00. The minimum atomic E-state index is 0.668. The molecule has 0 aromatic rings. The van der Waals surface area contributed by atoms with Gasteiger partial charge in [-0.2, -0.15) is 0 Å². The highest BCUT2D eigenvalue weighted by molar-refractivity contribution is 5.32. The molecule has 2 saturated carbocycles. The van der Waals surface area contributed by atoms with Gasteiger partial charge < -0.3 is 4.74 Å². The van der Waals surface area contributed by atoms with E-state index in [0.717, 1.165) is 30.1 Å². The van der Waals surface area contributed by atoms with Gasteiger partial charge in [0.05, 0.1) is 12.9 Å². The lowest BCUT2D eigenvalue weighted by Gasteiger charge is -2.50. The Bertz CT molecular complexity index is 528. The van der Waals surface area contributed by atoms with Crippen molar-refractivity contribution in [1.82, 2.24) is 0 Å². The molecular weight excluding hydrogens is 280 g/mol. The Morgan fingerprint density at radius 3 is 2.96 bits per heavy atom. The van der Waals surface area contributed by atoms with E-state index in [2.05, 4.69) is 19.9 Å². The van der Waals surface area contributed by atoms with Crippen LogP contribution in [0.1, 0.15) is 78.1 Å². The first-order valence-electron chi connectivity index (χ1n) is 10.1. The van der Waals surface area contributed by atoms with Gasteiger partial charge in [0.2, 0.25) is 0 Å². The molecule has 0 heterocycles. The summed E-state index contributed by atoms with van der Waals surface area (Å²) in [5.41, 5.74) is 4.25. The molecule has 23 heavy (non-hydrogen) atoms. The largest absolute Gasteiger partial charge is 0.501 e. The topological polar surface area (TPSA) is 9.23 Å². The minimum absolute atomic E-state index is 0.668. The Hall–Kier alpha value is -0.720. The first kappa shape index (κ1) is 15.8. The maximum absolute atomic E-state index is 5.53. The zero-order valence-electron chi connectivity index (χ0n) is 15.4. The van der Waals surface area contributed by atoms with Crippen molar-refractivity contribution < 1.29 is 4.74 Å². The van der Waals surface area contributed by atoms with E-state index in [4.69, 9.17) is 4.74 Å². The number of hydrogen-bond donors (Lipinski definition) is 0. The van der Waals surface area contributed by atoms with Crippen LogP contribution < -0.4 is 0 Å². The summed E-state index contributed by atoms with van der Waals surface area (Å²) >= 11 is 0. The molecule has 1 heteroatoms. The fourth-order valence-electron chi connectivity index (χ4n) is 6.88. The molecule has 0 aromatic carbocycles. The van der Waals surface area contributed by atoms with E-state index in [-0.39, 0.29) is 0 Å². The summed E-state index contributed by atoms with van der Waals surface area (Å²) in [5, 5.41) is 0. The first-order valence-corrected chi connectivity index (χ1v) is 10.1. The molecule has 4 aliphatic carbocycles. The summed E-state index contributed by atoms with van der Waals surface area (Å²) in [6, 6.07) is 0. The highest BCUT2D eigenvalue weighted by Gasteiger charge is 2.52. The molecule has 5 atom stereocenters. The van der Waals surface area contributed by atoms with Gasteiger partial charge in [0.25, 0.3) is 0 Å². The SMILES string of the molecule is CCCC1C[C@H]2[C@@H]3CCC4=C(CC=C(OC)C4)[C@H]3CC[C@]2(C)C1. The number of allylic oxidation sites excluding steroid dienone is 3. The Balaban J connectivity index is 1.55. The van der Waals surface area contributed by atoms with Crippen LogP contribution in [-0.4, -0.2) is 7.11 Å². The van der Waals surface area contributed by atoms with Gasteiger partial charge in [-0.25, -0.2) is 0 Å². The fraction of sp³-hybridized carbons (Fsp3) is 0.818. The van der Waals surface area contributed by atoms with E-state index in [0.29, 0.717) is 5.41 Å². The van der Waals surface area contributed by atoms with Gasteiger partial charge in [0, 0.05) is 6.42 Å². The summed E-state index contributed by atoms with van der Waals surface area (Å²) in [7, 11) is 1.83. The first-order chi connectivity index (χ1) is 11.1. The van der Waals surface area contributed by atoms with Crippen LogP contribution >= 0.6 is 0 Å². The van der Waals surface area contributed by atoms with Crippen molar-refractivity contribution >= 4 is 0 Å². The standard InChI is InChI=1S/C22H34O/c1-4-5-15-12-21-20-8-6-16-13-17(23-3)7-9-18(16)19(20)10-11-22(21,2)14-15/h7,15,19-21H,4-6,8-14H2,1-3H3/t15?,19-,20-,21+,22-/m1/s1. The zero-order valence-corrected chi connectivity index (χ0v) is 15.4. The van der Waals surface area contributed by atoms with Crippen LogP contribution in [0, 0.1) is 29.1 Å². The van der Waals surface area contributed by atoms with Crippen molar-refractivity contribution in [3.8, 4) is 0 Å². The molecule has 0 bridgehead atoms. The van der Waals surface area contributed by atoms with E-state index < -0.39 is 0 Å². The van der Waals surface area contributed by atoms with Gasteiger partial charge in [-0.05, 0) is 80.1 Å². The summed E-state index contributed by atoms with van der Waals surface area (Å²) in [6.07, 6.45) is 16.3. The van der Waals surface area contributed by atoms with E-state index in [1.54, 1.807) is 5.57 Å². The molecule has 4 rings (SSSR count). The smallest absolute Gasteiger partial charge is 0.0959 e. The van der Waals surface area contributed by atoms with Gasteiger partial charge >= 0.3 is 0 Å². The van der Waals surface area contributed by atoms with E-state index in [9.17, 15) is 0 Å². The van der Waals surface area contributed by atoms with Crippen LogP contribution in [0.5, 0.6) is 0 Å². The predicted octanol–water partition coefficient (Wildman–Crippen LogP) is 6.26. The Morgan fingerprint density at radius 2 is 2.17 bits per heavy atom. The third-order valence-corrected chi connectivity index (χ3v) is 7.88. The number of methoxy groups -OCH3 is 1. The van der Waals surface area contributed by atoms with E-state index in [1.165, 1.54) is 63.5 Å². The molecule has 0 aliphatic heterocycles. The number of ether oxygens (including phenoxy) is 1. The molecule has 4 aliphatic rings. The summed E-state index contributed by atoms with van der Waals surface area (Å²) < 4.78 is 5.53. The van der Waals surface area contributed by atoms with Gasteiger partial charge in [-0.1, -0.05) is 37.8 Å². The minimum Gasteiger partial charge on any atom is -0.501 e. The van der Waals surface area contributed by atoms with Crippen molar-refractivity contribution in [3.05, 3.63) is 23.0 Å². The molecule has 0 amide bonds. The third kappa shape index (κ3) is 2.59. The van der Waals surface area contributed by atoms with Gasteiger partial charge in [0.15, 0.2) is 0 Å². The molecule has 2 fully saturated rings. The quantitative estimate of drug-likeness (QED) is 0.559. The van der Waals surface area contributed by atoms with Crippen molar-refractivity contribution in [2.24, 2.45) is 29.1 Å². The molecule has 128 valence electrons. The molecule has 1 unspecified atom stereocenters. The molecule has 0 radical (unpaired) electrons. The maximum Gasteiger partial charge on any atom is 0.0959 e. The average molecular weight is 315 g/mol. The van der Waals surface area contributed by atoms with Gasteiger partial charge in [-0.15, -0.1) is 0 Å². The van der Waals surface area contributed by atoms with Crippen molar-refractivity contribution in [2.45, 2.75) is 78.1 Å². The highest BCUT2D eigenvalue weighted by Crippen LogP contribution is 2.62.